The lowest BCUT2D eigenvalue weighted by molar-refractivity contribution is -0.484. The molecule has 0 bridgehead atoms. The Morgan fingerprint density at radius 3 is 2.36 bits per heavy atom. The predicted molar refractivity (Wildman–Crippen MR) is 46.8 cm³/mol. The van der Waals surface area contributed by atoms with Gasteiger partial charge in [-0.1, -0.05) is 30.3 Å². The lowest BCUT2D eigenvalue weighted by Crippen LogP contribution is -2.18. The zero-order valence-corrected chi connectivity index (χ0v) is 7.32. The van der Waals surface area contributed by atoms with E-state index in [-0.39, 0.29) is 5.56 Å². The molecule has 76 valence electrons. The molecule has 0 saturated heterocycles. The third-order valence-corrected chi connectivity index (χ3v) is 1.80. The van der Waals surface area contributed by atoms with Crippen LogP contribution in [0.3, 0.4) is 0 Å². The molecular weight excluding hydrogens is 192 g/mol. The largest absolute Gasteiger partial charge is 0.279 e. The molecule has 14 heavy (non-hydrogen) atoms. The number of hydrogen-bond donors (Lipinski definition) is 0. The molecule has 0 unspecified atom stereocenters. The molecule has 5 heteroatoms. The third-order valence-electron chi connectivity index (χ3n) is 1.80. The summed E-state index contributed by atoms with van der Waals surface area (Å²) in [5, 5.41) is 9.95. The Bertz CT molecular complexity index is 314. The summed E-state index contributed by atoms with van der Waals surface area (Å²) < 4.78 is 26.4. The highest BCUT2D eigenvalue weighted by molar-refractivity contribution is 5.19. The first-order valence-electron chi connectivity index (χ1n) is 4.07. The summed E-state index contributed by atoms with van der Waals surface area (Å²) in [7, 11) is 0. The average Bonchev–Trinajstić information content (AvgIpc) is 2.16. The second kappa shape index (κ2) is 4.13. The van der Waals surface area contributed by atoms with Crippen molar-refractivity contribution in [3.05, 3.63) is 46.0 Å². The van der Waals surface area contributed by atoms with E-state index in [1.807, 2.05) is 0 Å². The first kappa shape index (κ1) is 10.6. The van der Waals surface area contributed by atoms with E-state index in [1.165, 1.54) is 24.3 Å². The Morgan fingerprint density at radius 2 is 1.86 bits per heavy atom. The van der Waals surface area contributed by atoms with Crippen molar-refractivity contribution in [2.75, 3.05) is 6.54 Å². The number of halogens is 2. The van der Waals surface area contributed by atoms with E-state index in [9.17, 15) is 18.9 Å². The van der Waals surface area contributed by atoms with Crippen molar-refractivity contribution in [1.82, 2.24) is 0 Å². The van der Waals surface area contributed by atoms with E-state index < -0.39 is 23.8 Å². The van der Waals surface area contributed by atoms with Gasteiger partial charge in [-0.05, 0) is 0 Å². The first-order valence-corrected chi connectivity index (χ1v) is 4.07. The minimum Gasteiger partial charge on any atom is -0.265 e. The molecule has 0 spiro atoms. The third kappa shape index (κ3) is 2.76. The van der Waals surface area contributed by atoms with Gasteiger partial charge in [-0.25, -0.2) is 8.78 Å². The fraction of sp³-hybridized carbons (Fsp3) is 0.333. The van der Waals surface area contributed by atoms with E-state index in [1.54, 1.807) is 6.07 Å². The smallest absolute Gasteiger partial charge is 0.265 e. The van der Waals surface area contributed by atoms with E-state index >= 15 is 0 Å². The van der Waals surface area contributed by atoms with Crippen molar-refractivity contribution < 1.29 is 13.7 Å². The molecule has 0 N–H and O–H groups in total. The quantitative estimate of drug-likeness (QED) is 0.554. The van der Waals surface area contributed by atoms with Crippen LogP contribution in [0.5, 0.6) is 0 Å². The van der Waals surface area contributed by atoms with Crippen molar-refractivity contribution in [3.8, 4) is 0 Å². The fourth-order valence-corrected chi connectivity index (χ4v) is 1.06. The molecule has 0 saturated carbocycles. The summed E-state index contributed by atoms with van der Waals surface area (Å²) in [5.74, 6) is -3.12. The second-order valence-electron chi connectivity index (χ2n) is 2.88. The van der Waals surface area contributed by atoms with Crippen molar-refractivity contribution in [2.24, 2.45) is 0 Å². The summed E-state index contributed by atoms with van der Waals surface area (Å²) in [4.78, 5) is 9.21. The van der Waals surface area contributed by atoms with Crippen molar-refractivity contribution in [2.45, 2.75) is 12.3 Å². The SMILES string of the molecule is O=[N+]([O-])CCC(F)(F)c1ccccc1. The van der Waals surface area contributed by atoms with Crippen molar-refractivity contribution in [3.63, 3.8) is 0 Å². The molecular formula is C9H9F2NO2. The molecule has 0 aromatic heterocycles. The van der Waals surface area contributed by atoms with E-state index in [4.69, 9.17) is 0 Å². The van der Waals surface area contributed by atoms with Crippen LogP contribution in [0.4, 0.5) is 8.78 Å². The van der Waals surface area contributed by atoms with Crippen LogP contribution in [0.1, 0.15) is 12.0 Å². The van der Waals surface area contributed by atoms with Crippen LogP contribution in [-0.4, -0.2) is 11.5 Å². The Kier molecular flexibility index (Phi) is 3.11. The number of alkyl halides is 2. The van der Waals surface area contributed by atoms with Gasteiger partial charge in [-0.15, -0.1) is 0 Å². The van der Waals surface area contributed by atoms with Crippen LogP contribution in [-0.2, 0) is 5.92 Å². The molecule has 3 nitrogen and oxygen atoms in total. The lowest BCUT2D eigenvalue weighted by Gasteiger charge is -2.13. The summed E-state index contributed by atoms with van der Waals surface area (Å²) in [6.45, 7) is -0.720. The highest BCUT2D eigenvalue weighted by Crippen LogP contribution is 2.30. The van der Waals surface area contributed by atoms with Crippen LogP contribution in [0, 0.1) is 10.1 Å². The number of hydrogen-bond acceptors (Lipinski definition) is 2. The first-order chi connectivity index (χ1) is 6.52. The van der Waals surface area contributed by atoms with Crippen molar-refractivity contribution in [1.29, 1.82) is 0 Å². The van der Waals surface area contributed by atoms with Crippen LogP contribution in [0.2, 0.25) is 0 Å². The molecule has 0 aliphatic heterocycles. The number of nitro groups is 1. The summed E-state index contributed by atoms with van der Waals surface area (Å²) in [5.41, 5.74) is -0.179. The maximum Gasteiger partial charge on any atom is 0.279 e. The van der Waals surface area contributed by atoms with Gasteiger partial charge in [0.05, 0.1) is 6.42 Å². The predicted octanol–water partition coefficient (Wildman–Crippen LogP) is 2.45. The maximum atomic E-state index is 13.2. The van der Waals surface area contributed by atoms with Gasteiger partial charge in [0.1, 0.15) is 0 Å². The second-order valence-corrected chi connectivity index (χ2v) is 2.88. The maximum absolute atomic E-state index is 13.2. The van der Waals surface area contributed by atoms with Gasteiger partial charge in [0.2, 0.25) is 6.54 Å². The highest BCUT2D eigenvalue weighted by Gasteiger charge is 2.32. The topological polar surface area (TPSA) is 43.1 Å². The molecule has 0 aliphatic rings. The van der Waals surface area contributed by atoms with E-state index in [0.29, 0.717) is 0 Å². The molecule has 1 rings (SSSR count). The Hall–Kier alpha value is -1.52. The van der Waals surface area contributed by atoms with Gasteiger partial charge in [0, 0.05) is 10.5 Å². The van der Waals surface area contributed by atoms with Crippen LogP contribution >= 0.6 is 0 Å². The van der Waals surface area contributed by atoms with Gasteiger partial charge in [0.15, 0.2) is 0 Å². The Morgan fingerprint density at radius 1 is 1.29 bits per heavy atom. The summed E-state index contributed by atoms with van der Waals surface area (Å²) >= 11 is 0. The average molecular weight is 201 g/mol. The molecule has 0 aliphatic carbocycles. The lowest BCUT2D eigenvalue weighted by atomic mass is 10.1. The minimum absolute atomic E-state index is 0.179. The molecule has 1 aromatic rings. The van der Waals surface area contributed by atoms with Gasteiger partial charge >= 0.3 is 0 Å². The van der Waals surface area contributed by atoms with E-state index in [2.05, 4.69) is 0 Å². The standard InChI is InChI=1S/C9H9F2NO2/c10-9(11,6-7-12(13)14)8-4-2-1-3-5-8/h1-5H,6-7H2. The van der Waals surface area contributed by atoms with Gasteiger partial charge in [0.25, 0.3) is 5.92 Å². The van der Waals surface area contributed by atoms with Crippen LogP contribution in [0.25, 0.3) is 0 Å². The van der Waals surface area contributed by atoms with Gasteiger partial charge in [-0.3, -0.25) is 10.1 Å². The number of rotatable bonds is 4. The van der Waals surface area contributed by atoms with Crippen LogP contribution in [0.15, 0.2) is 30.3 Å². The monoisotopic (exact) mass is 201 g/mol. The zero-order chi connectivity index (χ0) is 10.6. The van der Waals surface area contributed by atoms with Gasteiger partial charge < -0.3 is 0 Å². The zero-order valence-electron chi connectivity index (χ0n) is 7.32. The Balaban J connectivity index is 2.70. The summed E-state index contributed by atoms with van der Waals surface area (Å²) in [6.07, 6.45) is -0.760. The molecule has 1 aromatic carbocycles. The normalized spacial score (nSPS) is 11.3. The molecule has 0 radical (unpaired) electrons. The van der Waals surface area contributed by atoms with Crippen LogP contribution < -0.4 is 0 Å². The fourth-order valence-electron chi connectivity index (χ4n) is 1.06. The summed E-state index contributed by atoms with van der Waals surface area (Å²) in [6, 6.07) is 7.11. The van der Waals surface area contributed by atoms with E-state index in [0.717, 1.165) is 0 Å². The number of benzene rings is 1. The highest BCUT2D eigenvalue weighted by atomic mass is 19.3. The molecule has 0 atom stereocenters. The van der Waals surface area contributed by atoms with Gasteiger partial charge in [-0.2, -0.15) is 0 Å². The minimum atomic E-state index is -3.12. The molecule has 0 heterocycles. The number of nitrogens with zero attached hydrogens (tertiary/aromatic N) is 1. The molecule has 0 fully saturated rings. The van der Waals surface area contributed by atoms with Crippen molar-refractivity contribution >= 4 is 0 Å². The molecule has 0 amide bonds. The Labute approximate surface area is 79.5 Å².